The summed E-state index contributed by atoms with van der Waals surface area (Å²) in [6.07, 6.45) is 2.70. The first kappa shape index (κ1) is 13.1. The van der Waals surface area contributed by atoms with E-state index in [1.165, 1.54) is 12.8 Å². The zero-order valence-electron chi connectivity index (χ0n) is 9.55. The number of hydrogen-bond acceptors (Lipinski definition) is 5. The number of ether oxygens (including phenoxy) is 1. The van der Waals surface area contributed by atoms with Crippen molar-refractivity contribution in [3.63, 3.8) is 0 Å². The van der Waals surface area contributed by atoms with Gasteiger partial charge in [0.2, 0.25) is 0 Å². The van der Waals surface area contributed by atoms with Gasteiger partial charge in [-0.2, -0.15) is 16.9 Å². The number of carbonyl (C=O) groups is 1. The van der Waals surface area contributed by atoms with Crippen molar-refractivity contribution in [2.45, 2.75) is 12.5 Å². The van der Waals surface area contributed by atoms with Crippen molar-refractivity contribution in [1.82, 2.24) is 9.78 Å². The third kappa shape index (κ3) is 3.86. The molecule has 0 radical (unpaired) electrons. The lowest BCUT2D eigenvalue weighted by molar-refractivity contribution is -0.141. The van der Waals surface area contributed by atoms with Crippen molar-refractivity contribution in [3.05, 3.63) is 18.0 Å². The molecule has 1 aromatic heterocycles. The first-order valence-electron chi connectivity index (χ1n) is 5.03. The maximum Gasteiger partial charge on any atom is 0.323 e. The van der Waals surface area contributed by atoms with Crippen LogP contribution in [0, 0.1) is 0 Å². The van der Waals surface area contributed by atoms with E-state index in [2.05, 4.69) is 9.84 Å². The van der Waals surface area contributed by atoms with Gasteiger partial charge in [-0.3, -0.25) is 9.48 Å². The molecule has 0 saturated heterocycles. The topological polar surface area (TPSA) is 70.1 Å². The second kappa shape index (κ2) is 6.55. The standard InChI is InChI=1S/C10H17N3O2S/c1-13-8(3-5-12-13)4-6-16-7-9(11)10(14)15-2/h3,5,9H,4,6-7,11H2,1-2H3. The van der Waals surface area contributed by atoms with Crippen LogP contribution in [0.15, 0.2) is 12.3 Å². The molecule has 0 saturated carbocycles. The average Bonchev–Trinajstić information content (AvgIpc) is 2.69. The van der Waals surface area contributed by atoms with Crippen LogP contribution in [0.5, 0.6) is 0 Å². The number of nitrogens with zero attached hydrogens (tertiary/aromatic N) is 2. The highest BCUT2D eigenvalue weighted by Crippen LogP contribution is 2.07. The first-order valence-corrected chi connectivity index (χ1v) is 6.18. The Morgan fingerprint density at radius 3 is 3.06 bits per heavy atom. The number of carbonyl (C=O) groups excluding carboxylic acids is 1. The van der Waals surface area contributed by atoms with Gasteiger partial charge in [-0.05, 0) is 18.2 Å². The Bertz CT molecular complexity index is 341. The van der Waals surface area contributed by atoms with Crippen LogP contribution in [0.4, 0.5) is 0 Å². The van der Waals surface area contributed by atoms with Crippen molar-refractivity contribution in [2.24, 2.45) is 12.8 Å². The van der Waals surface area contributed by atoms with Gasteiger partial charge in [0.25, 0.3) is 0 Å². The van der Waals surface area contributed by atoms with E-state index >= 15 is 0 Å². The van der Waals surface area contributed by atoms with Gasteiger partial charge in [-0.15, -0.1) is 0 Å². The van der Waals surface area contributed by atoms with Gasteiger partial charge < -0.3 is 10.5 Å². The molecule has 0 aromatic carbocycles. The molecule has 0 aliphatic rings. The maximum absolute atomic E-state index is 11.0. The van der Waals surface area contributed by atoms with E-state index in [0.717, 1.165) is 12.2 Å². The van der Waals surface area contributed by atoms with E-state index in [1.807, 2.05) is 17.8 Å². The average molecular weight is 243 g/mol. The number of aromatic nitrogens is 2. The van der Waals surface area contributed by atoms with Gasteiger partial charge in [0.15, 0.2) is 0 Å². The summed E-state index contributed by atoms with van der Waals surface area (Å²) < 4.78 is 6.39. The smallest absolute Gasteiger partial charge is 0.323 e. The number of esters is 1. The van der Waals surface area contributed by atoms with Gasteiger partial charge in [0, 0.05) is 24.7 Å². The van der Waals surface area contributed by atoms with Crippen molar-refractivity contribution in [1.29, 1.82) is 0 Å². The minimum atomic E-state index is -0.526. The fourth-order valence-corrected chi connectivity index (χ4v) is 2.16. The van der Waals surface area contributed by atoms with Crippen LogP contribution in [0.25, 0.3) is 0 Å². The Morgan fingerprint density at radius 1 is 1.75 bits per heavy atom. The maximum atomic E-state index is 11.0. The number of rotatable bonds is 6. The Hall–Kier alpha value is -1.01. The quantitative estimate of drug-likeness (QED) is 0.571. The molecule has 90 valence electrons. The summed E-state index contributed by atoms with van der Waals surface area (Å²) >= 11 is 1.65. The molecule has 0 amide bonds. The van der Waals surface area contributed by atoms with Crippen LogP contribution in [0.3, 0.4) is 0 Å². The zero-order chi connectivity index (χ0) is 12.0. The molecule has 0 fully saturated rings. The molecule has 0 spiro atoms. The molecular weight excluding hydrogens is 226 g/mol. The molecule has 6 heteroatoms. The predicted octanol–water partition coefficient (Wildman–Crippen LogP) is 0.196. The molecule has 0 aliphatic heterocycles. The van der Waals surface area contributed by atoms with E-state index in [-0.39, 0.29) is 5.97 Å². The van der Waals surface area contributed by atoms with E-state index in [1.54, 1.807) is 18.0 Å². The van der Waals surface area contributed by atoms with E-state index in [4.69, 9.17) is 5.73 Å². The SMILES string of the molecule is COC(=O)C(N)CSCCc1ccnn1C. The summed E-state index contributed by atoms with van der Waals surface area (Å²) in [5.41, 5.74) is 6.78. The molecule has 16 heavy (non-hydrogen) atoms. The summed E-state index contributed by atoms with van der Waals surface area (Å²) in [6, 6.07) is 1.46. The Kier molecular flexibility index (Phi) is 5.34. The van der Waals surface area contributed by atoms with Gasteiger partial charge in [0.1, 0.15) is 6.04 Å². The second-order valence-electron chi connectivity index (χ2n) is 3.40. The van der Waals surface area contributed by atoms with Gasteiger partial charge >= 0.3 is 5.97 Å². The summed E-state index contributed by atoms with van der Waals surface area (Å²) in [7, 11) is 3.27. The summed E-state index contributed by atoms with van der Waals surface area (Å²) in [6.45, 7) is 0. The highest BCUT2D eigenvalue weighted by atomic mass is 32.2. The molecule has 1 rings (SSSR count). The van der Waals surface area contributed by atoms with Crippen LogP contribution < -0.4 is 5.73 Å². The van der Waals surface area contributed by atoms with Gasteiger partial charge in [-0.1, -0.05) is 0 Å². The minimum Gasteiger partial charge on any atom is -0.468 e. The van der Waals surface area contributed by atoms with Crippen LogP contribution >= 0.6 is 11.8 Å². The van der Waals surface area contributed by atoms with E-state index in [0.29, 0.717) is 5.75 Å². The summed E-state index contributed by atoms with van der Waals surface area (Å²) in [5.74, 6) is 1.16. The zero-order valence-corrected chi connectivity index (χ0v) is 10.4. The minimum absolute atomic E-state index is 0.354. The van der Waals surface area contributed by atoms with Crippen LogP contribution in [0.2, 0.25) is 0 Å². The Balaban J connectivity index is 2.17. The molecule has 1 heterocycles. The number of nitrogens with two attached hydrogens (primary N) is 1. The summed E-state index contributed by atoms with van der Waals surface area (Å²) in [5, 5.41) is 4.08. The van der Waals surface area contributed by atoms with Crippen molar-refractivity contribution in [3.8, 4) is 0 Å². The molecule has 1 aromatic rings. The lowest BCUT2D eigenvalue weighted by atomic mass is 10.3. The van der Waals surface area contributed by atoms with Crippen LogP contribution in [-0.4, -0.2) is 40.4 Å². The van der Waals surface area contributed by atoms with E-state index in [9.17, 15) is 4.79 Å². The van der Waals surface area contributed by atoms with Crippen LogP contribution in [-0.2, 0) is 23.0 Å². The van der Waals surface area contributed by atoms with E-state index < -0.39 is 6.04 Å². The van der Waals surface area contributed by atoms with Crippen molar-refractivity contribution >= 4 is 17.7 Å². The Morgan fingerprint density at radius 2 is 2.50 bits per heavy atom. The predicted molar refractivity (Wildman–Crippen MR) is 64.2 cm³/mol. The van der Waals surface area contributed by atoms with Gasteiger partial charge in [0.05, 0.1) is 7.11 Å². The highest BCUT2D eigenvalue weighted by molar-refractivity contribution is 7.99. The molecule has 2 N–H and O–H groups in total. The molecule has 1 atom stereocenters. The third-order valence-electron chi connectivity index (χ3n) is 2.23. The van der Waals surface area contributed by atoms with Crippen molar-refractivity contribution < 1.29 is 9.53 Å². The molecular formula is C10H17N3O2S. The number of aryl methyl sites for hydroxylation is 2. The fourth-order valence-electron chi connectivity index (χ4n) is 1.25. The van der Waals surface area contributed by atoms with Crippen molar-refractivity contribution in [2.75, 3.05) is 18.6 Å². The monoisotopic (exact) mass is 243 g/mol. The number of hydrogen-bond donors (Lipinski definition) is 1. The second-order valence-corrected chi connectivity index (χ2v) is 4.55. The fraction of sp³-hybridized carbons (Fsp3) is 0.600. The normalized spacial score (nSPS) is 12.4. The number of methoxy groups -OCH3 is 1. The molecule has 5 nitrogen and oxygen atoms in total. The molecule has 0 aliphatic carbocycles. The van der Waals surface area contributed by atoms with Crippen LogP contribution in [0.1, 0.15) is 5.69 Å². The highest BCUT2D eigenvalue weighted by Gasteiger charge is 2.12. The molecule has 1 unspecified atom stereocenters. The van der Waals surface area contributed by atoms with Gasteiger partial charge in [-0.25, -0.2) is 0 Å². The third-order valence-corrected chi connectivity index (χ3v) is 3.31. The Labute approximate surface area is 99.3 Å². The number of thioether (sulfide) groups is 1. The molecule has 0 bridgehead atoms. The largest absolute Gasteiger partial charge is 0.468 e. The lowest BCUT2D eigenvalue weighted by Gasteiger charge is -2.08. The lowest BCUT2D eigenvalue weighted by Crippen LogP contribution is -2.34. The first-order chi connectivity index (χ1) is 7.65. The summed E-state index contributed by atoms with van der Waals surface area (Å²) in [4.78, 5) is 11.0.